The number of carbonyl (C=O) groups excluding carboxylic acids is 1. The normalized spacial score (nSPS) is 13.8. The highest BCUT2D eigenvalue weighted by molar-refractivity contribution is 5.85. The first kappa shape index (κ1) is 13.6. The molecule has 0 radical (unpaired) electrons. The molecular weight excluding hydrogens is 244 g/mol. The van der Waals surface area contributed by atoms with Crippen molar-refractivity contribution in [2.45, 2.75) is 19.5 Å². The summed E-state index contributed by atoms with van der Waals surface area (Å²) in [4.78, 5) is 11.3. The van der Waals surface area contributed by atoms with Crippen molar-refractivity contribution in [3.05, 3.63) is 23.8 Å². The Labute approximate surface area is 106 Å². The number of rotatable bonds is 3. The summed E-state index contributed by atoms with van der Waals surface area (Å²) in [6.45, 7) is 2.27. The lowest BCUT2D eigenvalue weighted by molar-refractivity contribution is -0.122. The molecule has 0 saturated carbocycles. The summed E-state index contributed by atoms with van der Waals surface area (Å²) in [5.74, 6) is 1.23. The molecule has 0 saturated heterocycles. The summed E-state index contributed by atoms with van der Waals surface area (Å²) in [5.41, 5.74) is 6.34. The molecule has 6 heteroatoms. The van der Waals surface area contributed by atoms with E-state index < -0.39 is 6.04 Å². The molecule has 5 nitrogen and oxygen atoms in total. The van der Waals surface area contributed by atoms with Gasteiger partial charge in [-0.2, -0.15) is 0 Å². The van der Waals surface area contributed by atoms with Crippen LogP contribution in [-0.2, 0) is 11.3 Å². The van der Waals surface area contributed by atoms with Gasteiger partial charge in [0.15, 0.2) is 11.5 Å². The van der Waals surface area contributed by atoms with E-state index in [9.17, 15) is 4.79 Å². The predicted octanol–water partition coefficient (Wildman–Crippen LogP) is 0.800. The van der Waals surface area contributed by atoms with Gasteiger partial charge >= 0.3 is 0 Å². The average Bonchev–Trinajstić information content (AvgIpc) is 2.73. The molecule has 1 heterocycles. The molecule has 0 aromatic heterocycles. The van der Waals surface area contributed by atoms with Gasteiger partial charge in [0, 0.05) is 12.1 Å². The summed E-state index contributed by atoms with van der Waals surface area (Å²) in [6, 6.07) is 5.07. The fourth-order valence-corrected chi connectivity index (χ4v) is 1.47. The maximum atomic E-state index is 11.3. The maximum absolute atomic E-state index is 11.3. The van der Waals surface area contributed by atoms with Gasteiger partial charge in [-0.3, -0.25) is 4.79 Å². The van der Waals surface area contributed by atoms with E-state index in [1.807, 2.05) is 18.2 Å². The zero-order valence-electron chi connectivity index (χ0n) is 9.43. The van der Waals surface area contributed by atoms with E-state index in [1.165, 1.54) is 0 Å². The molecule has 1 aromatic carbocycles. The maximum Gasteiger partial charge on any atom is 0.236 e. The van der Waals surface area contributed by atoms with Crippen molar-refractivity contribution in [1.29, 1.82) is 0 Å². The Kier molecular flexibility index (Phi) is 4.60. The van der Waals surface area contributed by atoms with Gasteiger partial charge in [0.2, 0.25) is 12.7 Å². The lowest BCUT2D eigenvalue weighted by atomic mass is 10.2. The summed E-state index contributed by atoms with van der Waals surface area (Å²) in [7, 11) is 0. The van der Waals surface area contributed by atoms with E-state index in [2.05, 4.69) is 5.32 Å². The molecule has 1 aliphatic heterocycles. The number of carbonyl (C=O) groups is 1. The van der Waals surface area contributed by atoms with E-state index >= 15 is 0 Å². The molecule has 94 valence electrons. The number of ether oxygens (including phenoxy) is 2. The molecule has 1 unspecified atom stereocenters. The van der Waals surface area contributed by atoms with Crippen LogP contribution in [0.2, 0.25) is 0 Å². The number of amides is 1. The Morgan fingerprint density at radius 3 is 3.00 bits per heavy atom. The molecule has 0 fully saturated rings. The highest BCUT2D eigenvalue weighted by Crippen LogP contribution is 2.35. The Hall–Kier alpha value is -1.46. The third-order valence-electron chi connectivity index (χ3n) is 2.34. The quantitative estimate of drug-likeness (QED) is 0.841. The van der Waals surface area contributed by atoms with Crippen LogP contribution in [0.25, 0.3) is 0 Å². The van der Waals surface area contributed by atoms with Crippen LogP contribution in [0.4, 0.5) is 0 Å². The second kappa shape index (κ2) is 5.75. The molecule has 3 N–H and O–H groups in total. The van der Waals surface area contributed by atoms with Crippen molar-refractivity contribution in [3.63, 3.8) is 0 Å². The highest BCUT2D eigenvalue weighted by Gasteiger charge is 2.17. The largest absolute Gasteiger partial charge is 0.454 e. The number of fused-ring (bicyclic) bond motifs is 1. The molecule has 0 aliphatic carbocycles. The van der Waals surface area contributed by atoms with Crippen molar-refractivity contribution in [2.24, 2.45) is 5.73 Å². The van der Waals surface area contributed by atoms with Crippen LogP contribution in [0.5, 0.6) is 11.5 Å². The number of hydrogen-bond donors (Lipinski definition) is 2. The van der Waals surface area contributed by atoms with Crippen molar-refractivity contribution in [3.8, 4) is 11.5 Å². The van der Waals surface area contributed by atoms with E-state index in [0.717, 1.165) is 5.56 Å². The molecule has 17 heavy (non-hydrogen) atoms. The topological polar surface area (TPSA) is 73.6 Å². The van der Waals surface area contributed by atoms with Crippen LogP contribution >= 0.6 is 12.4 Å². The number of nitrogens with one attached hydrogen (secondary N) is 1. The Morgan fingerprint density at radius 1 is 1.53 bits per heavy atom. The third kappa shape index (κ3) is 3.01. The van der Waals surface area contributed by atoms with Crippen LogP contribution in [0.15, 0.2) is 18.2 Å². The second-order valence-electron chi connectivity index (χ2n) is 3.66. The molecule has 1 amide bonds. The van der Waals surface area contributed by atoms with Crippen molar-refractivity contribution >= 4 is 18.3 Å². The monoisotopic (exact) mass is 258 g/mol. The summed E-state index contributed by atoms with van der Waals surface area (Å²) in [5, 5.41) is 2.73. The Balaban J connectivity index is 0.00000144. The minimum absolute atomic E-state index is 0. The zero-order valence-corrected chi connectivity index (χ0v) is 10.3. The third-order valence-corrected chi connectivity index (χ3v) is 2.34. The van der Waals surface area contributed by atoms with Gasteiger partial charge in [0.1, 0.15) is 0 Å². The van der Waals surface area contributed by atoms with Crippen LogP contribution in [0.1, 0.15) is 12.5 Å². The first-order valence-electron chi connectivity index (χ1n) is 5.09. The molecule has 1 atom stereocenters. The molecular formula is C11H15ClN2O3. The van der Waals surface area contributed by atoms with Crippen LogP contribution < -0.4 is 20.5 Å². The lowest BCUT2D eigenvalue weighted by Crippen LogP contribution is -2.37. The fraction of sp³-hybridized carbons (Fsp3) is 0.364. The zero-order chi connectivity index (χ0) is 11.5. The Bertz CT molecular complexity index is 410. The van der Waals surface area contributed by atoms with Gasteiger partial charge in [0.05, 0.1) is 6.04 Å². The van der Waals surface area contributed by atoms with Gasteiger partial charge in [-0.1, -0.05) is 12.1 Å². The summed E-state index contributed by atoms with van der Waals surface area (Å²) < 4.78 is 10.6. The predicted molar refractivity (Wildman–Crippen MR) is 65.3 cm³/mol. The molecule has 1 aliphatic rings. The van der Waals surface area contributed by atoms with E-state index in [-0.39, 0.29) is 25.1 Å². The standard InChI is InChI=1S/C11H14N2O3.ClH/c1-7(12)11(14)13-5-8-3-2-4-9-10(8)16-6-15-9;/h2-4,7H,5-6,12H2,1H3,(H,13,14);1H. The number of hydrogen-bond acceptors (Lipinski definition) is 4. The minimum Gasteiger partial charge on any atom is -0.454 e. The van der Waals surface area contributed by atoms with Gasteiger partial charge in [0.25, 0.3) is 0 Å². The lowest BCUT2D eigenvalue weighted by Gasteiger charge is -2.09. The highest BCUT2D eigenvalue weighted by atomic mass is 35.5. The van der Waals surface area contributed by atoms with Crippen LogP contribution in [0, 0.1) is 0 Å². The second-order valence-corrected chi connectivity index (χ2v) is 3.66. The van der Waals surface area contributed by atoms with Crippen LogP contribution in [-0.4, -0.2) is 18.7 Å². The average molecular weight is 259 g/mol. The number of halogens is 1. The first-order chi connectivity index (χ1) is 7.68. The van der Waals surface area contributed by atoms with Gasteiger partial charge in [-0.15, -0.1) is 12.4 Å². The van der Waals surface area contributed by atoms with Crippen LogP contribution in [0.3, 0.4) is 0 Å². The van der Waals surface area contributed by atoms with Crippen molar-refractivity contribution in [2.75, 3.05) is 6.79 Å². The summed E-state index contributed by atoms with van der Waals surface area (Å²) >= 11 is 0. The smallest absolute Gasteiger partial charge is 0.236 e. The van der Waals surface area contributed by atoms with Gasteiger partial charge in [-0.25, -0.2) is 0 Å². The van der Waals surface area contributed by atoms with E-state index in [4.69, 9.17) is 15.2 Å². The molecule has 0 spiro atoms. The molecule has 0 bridgehead atoms. The number of nitrogens with two attached hydrogens (primary N) is 1. The van der Waals surface area contributed by atoms with Crippen molar-refractivity contribution < 1.29 is 14.3 Å². The Morgan fingerprint density at radius 2 is 2.29 bits per heavy atom. The minimum atomic E-state index is -0.506. The number of para-hydroxylation sites is 1. The summed E-state index contributed by atoms with van der Waals surface area (Å²) in [6.07, 6.45) is 0. The number of benzene rings is 1. The van der Waals surface area contributed by atoms with E-state index in [0.29, 0.717) is 18.0 Å². The van der Waals surface area contributed by atoms with Gasteiger partial charge in [-0.05, 0) is 13.0 Å². The first-order valence-corrected chi connectivity index (χ1v) is 5.09. The van der Waals surface area contributed by atoms with E-state index in [1.54, 1.807) is 6.92 Å². The SMILES string of the molecule is CC(N)C(=O)NCc1cccc2c1OCO2.Cl. The van der Waals surface area contributed by atoms with Crippen molar-refractivity contribution in [1.82, 2.24) is 5.32 Å². The van der Waals surface area contributed by atoms with Gasteiger partial charge < -0.3 is 20.5 Å². The molecule has 1 aromatic rings. The molecule has 2 rings (SSSR count). The fourth-order valence-electron chi connectivity index (χ4n) is 1.47.